The number of aryl methyl sites for hydroxylation is 1. The minimum atomic E-state index is -0.185. The molecule has 37 heavy (non-hydrogen) atoms. The normalized spacial score (nSPS) is 11.4. The fourth-order valence-corrected chi connectivity index (χ4v) is 4.81. The predicted molar refractivity (Wildman–Crippen MR) is 155 cm³/mol. The number of hydrogen-bond acceptors (Lipinski definition) is 3. The second-order valence-corrected chi connectivity index (χ2v) is 11.1. The average molecular weight is 511 g/mol. The van der Waals surface area contributed by atoms with Crippen LogP contribution >= 0.6 is 0 Å². The topological polar surface area (TPSA) is 35.5 Å². The summed E-state index contributed by atoms with van der Waals surface area (Å²) < 4.78 is 11.9. The average Bonchev–Trinajstić information content (AvgIpc) is 2.88. The molecule has 0 unspecified atom stereocenters. The molecule has 2 aromatic carbocycles. The van der Waals surface area contributed by atoms with E-state index in [1.165, 1.54) is 75.3 Å². The van der Waals surface area contributed by atoms with Crippen molar-refractivity contribution in [1.29, 1.82) is 0 Å². The molecule has 0 aliphatic heterocycles. The molecule has 2 rings (SSSR count). The van der Waals surface area contributed by atoms with E-state index in [1.54, 1.807) is 0 Å². The molecule has 0 aliphatic carbocycles. The Morgan fingerprint density at radius 1 is 0.730 bits per heavy atom. The Morgan fingerprint density at radius 3 is 2.08 bits per heavy atom. The van der Waals surface area contributed by atoms with Crippen molar-refractivity contribution in [3.05, 3.63) is 65.7 Å². The molecule has 0 atom stereocenters. The van der Waals surface area contributed by atoms with Crippen LogP contribution in [0, 0.1) is 0 Å². The van der Waals surface area contributed by atoms with Gasteiger partial charge in [0.05, 0.1) is 20.6 Å². The molecule has 4 nitrogen and oxygen atoms in total. The van der Waals surface area contributed by atoms with Crippen molar-refractivity contribution < 1.29 is 18.8 Å². The lowest BCUT2D eigenvalue weighted by molar-refractivity contribution is -0.903. The molecule has 0 aliphatic rings. The molecule has 0 fully saturated rings. The highest BCUT2D eigenvalue weighted by Crippen LogP contribution is 2.17. The van der Waals surface area contributed by atoms with Gasteiger partial charge in [-0.25, -0.2) is 0 Å². The van der Waals surface area contributed by atoms with Crippen LogP contribution in [0.2, 0.25) is 0 Å². The molecule has 206 valence electrons. The summed E-state index contributed by atoms with van der Waals surface area (Å²) >= 11 is 0. The lowest BCUT2D eigenvalue weighted by Crippen LogP contribution is -2.39. The molecule has 4 heteroatoms. The van der Waals surface area contributed by atoms with Crippen molar-refractivity contribution >= 4 is 5.97 Å². The van der Waals surface area contributed by atoms with Crippen LogP contribution in [0.5, 0.6) is 5.75 Å². The van der Waals surface area contributed by atoms with Crippen LogP contribution in [-0.2, 0) is 22.5 Å². The standard InChI is InChI=1S/C33H52NO3/c1-4-5-6-7-8-9-10-11-12-14-20-30-23-19-24-32(27-30)36-29-37-33(35)25-17-18-26-34(2,3)28-31-21-15-13-16-22-31/h13,15-16,19,21-24,27H,4-12,14,17-18,20,25-26,28-29H2,1-3H3/q+1. The van der Waals surface area contributed by atoms with Crippen LogP contribution in [0.25, 0.3) is 0 Å². The minimum Gasteiger partial charge on any atom is -0.457 e. The van der Waals surface area contributed by atoms with E-state index in [9.17, 15) is 4.79 Å². The molecule has 0 spiro atoms. The van der Waals surface area contributed by atoms with Gasteiger partial charge in [0.15, 0.2) is 0 Å². The monoisotopic (exact) mass is 510 g/mol. The van der Waals surface area contributed by atoms with Gasteiger partial charge in [-0.1, -0.05) is 107 Å². The van der Waals surface area contributed by atoms with E-state index >= 15 is 0 Å². The SMILES string of the molecule is CCCCCCCCCCCCc1cccc(OCOC(=O)CCCC[N+](C)(C)Cc2ccccc2)c1. The molecule has 0 N–H and O–H groups in total. The Kier molecular flexibility index (Phi) is 15.7. The Bertz CT molecular complexity index is 850. The van der Waals surface area contributed by atoms with Gasteiger partial charge in [-0.05, 0) is 43.4 Å². The maximum atomic E-state index is 12.1. The molecule has 0 heterocycles. The minimum absolute atomic E-state index is 0.0178. The molecule has 0 bridgehead atoms. The number of unbranched alkanes of at least 4 members (excludes halogenated alkanes) is 10. The van der Waals surface area contributed by atoms with Crippen molar-refractivity contribution in [2.45, 2.75) is 103 Å². The number of esters is 1. The van der Waals surface area contributed by atoms with Crippen LogP contribution < -0.4 is 4.74 Å². The zero-order valence-corrected chi connectivity index (χ0v) is 23.9. The van der Waals surface area contributed by atoms with Crippen molar-refractivity contribution in [2.75, 3.05) is 27.4 Å². The van der Waals surface area contributed by atoms with Gasteiger partial charge >= 0.3 is 5.97 Å². The first-order valence-corrected chi connectivity index (χ1v) is 14.7. The maximum absolute atomic E-state index is 12.1. The van der Waals surface area contributed by atoms with Gasteiger partial charge in [0.1, 0.15) is 12.3 Å². The molecule has 0 saturated carbocycles. The number of hydrogen-bond donors (Lipinski definition) is 0. The van der Waals surface area contributed by atoms with Gasteiger partial charge in [0.2, 0.25) is 6.79 Å². The zero-order chi connectivity index (χ0) is 26.6. The van der Waals surface area contributed by atoms with Crippen LogP contribution in [0.4, 0.5) is 0 Å². The summed E-state index contributed by atoms with van der Waals surface area (Å²) in [7, 11) is 4.48. The summed E-state index contributed by atoms with van der Waals surface area (Å²) in [5.41, 5.74) is 2.64. The molecule has 0 amide bonds. The molecular weight excluding hydrogens is 458 g/mol. The summed E-state index contributed by atoms with van der Waals surface area (Å²) in [6.45, 7) is 4.28. The smallest absolute Gasteiger partial charge is 0.308 e. The van der Waals surface area contributed by atoms with E-state index in [4.69, 9.17) is 9.47 Å². The number of rotatable bonds is 21. The highest BCUT2D eigenvalue weighted by atomic mass is 16.7. The van der Waals surface area contributed by atoms with Crippen LogP contribution in [0.3, 0.4) is 0 Å². The number of quaternary nitrogens is 1. The lowest BCUT2D eigenvalue weighted by Gasteiger charge is -2.30. The first-order chi connectivity index (χ1) is 18.0. The van der Waals surface area contributed by atoms with Crippen LogP contribution in [0.15, 0.2) is 54.6 Å². The molecule has 0 radical (unpaired) electrons. The summed E-state index contributed by atoms with van der Waals surface area (Å²) in [5, 5.41) is 0. The summed E-state index contributed by atoms with van der Waals surface area (Å²) in [5.74, 6) is 0.590. The number of benzene rings is 2. The first-order valence-electron chi connectivity index (χ1n) is 14.7. The molecule has 2 aromatic rings. The quantitative estimate of drug-likeness (QED) is 0.0731. The fraction of sp³-hybridized carbons (Fsp3) is 0.606. The van der Waals surface area contributed by atoms with Crippen LogP contribution in [0.1, 0.15) is 102 Å². The van der Waals surface area contributed by atoms with E-state index in [-0.39, 0.29) is 12.8 Å². The Labute approximate surface area is 227 Å². The van der Waals surface area contributed by atoms with Crippen LogP contribution in [-0.4, -0.2) is 37.9 Å². The number of nitrogens with zero attached hydrogens (tertiary/aromatic N) is 1. The van der Waals surface area contributed by atoms with Gasteiger partial charge in [-0.15, -0.1) is 0 Å². The third kappa shape index (κ3) is 15.5. The first kappa shape index (κ1) is 30.9. The second-order valence-electron chi connectivity index (χ2n) is 11.1. The van der Waals surface area contributed by atoms with Gasteiger partial charge < -0.3 is 14.0 Å². The van der Waals surface area contributed by atoms with E-state index in [2.05, 4.69) is 63.5 Å². The lowest BCUT2D eigenvalue weighted by atomic mass is 10.0. The highest BCUT2D eigenvalue weighted by molar-refractivity contribution is 5.69. The second kappa shape index (κ2) is 18.8. The fourth-order valence-electron chi connectivity index (χ4n) is 4.81. The third-order valence-electron chi connectivity index (χ3n) is 7.01. The largest absolute Gasteiger partial charge is 0.457 e. The Morgan fingerprint density at radius 2 is 1.38 bits per heavy atom. The maximum Gasteiger partial charge on any atom is 0.308 e. The summed E-state index contributed by atoms with van der Waals surface area (Å²) in [4.78, 5) is 12.1. The number of carbonyl (C=O) groups excluding carboxylic acids is 1. The summed E-state index contributed by atoms with van der Waals surface area (Å²) in [6.07, 6.45) is 16.9. The van der Waals surface area contributed by atoms with E-state index in [0.29, 0.717) is 6.42 Å². The van der Waals surface area contributed by atoms with Gasteiger partial charge in [-0.3, -0.25) is 4.79 Å². The molecular formula is C33H52NO3+. The Hall–Kier alpha value is -2.33. The zero-order valence-electron chi connectivity index (χ0n) is 23.9. The third-order valence-corrected chi connectivity index (χ3v) is 7.01. The van der Waals surface area contributed by atoms with Crippen molar-refractivity contribution in [2.24, 2.45) is 0 Å². The molecule has 0 aromatic heterocycles. The van der Waals surface area contributed by atoms with E-state index in [1.807, 2.05) is 12.1 Å². The predicted octanol–water partition coefficient (Wildman–Crippen LogP) is 8.48. The Balaban J connectivity index is 1.51. The van der Waals surface area contributed by atoms with Crippen molar-refractivity contribution in [3.8, 4) is 5.75 Å². The van der Waals surface area contributed by atoms with Gasteiger partial charge in [0.25, 0.3) is 0 Å². The van der Waals surface area contributed by atoms with E-state index in [0.717, 1.165) is 42.6 Å². The highest BCUT2D eigenvalue weighted by Gasteiger charge is 2.15. The van der Waals surface area contributed by atoms with Gasteiger partial charge in [0, 0.05) is 12.0 Å². The van der Waals surface area contributed by atoms with Crippen molar-refractivity contribution in [3.63, 3.8) is 0 Å². The summed E-state index contributed by atoms with van der Waals surface area (Å²) in [6, 6.07) is 18.8. The van der Waals surface area contributed by atoms with Gasteiger partial charge in [-0.2, -0.15) is 0 Å². The van der Waals surface area contributed by atoms with Crippen molar-refractivity contribution in [1.82, 2.24) is 0 Å². The number of ether oxygens (including phenoxy) is 2. The van der Waals surface area contributed by atoms with E-state index < -0.39 is 0 Å². The number of carbonyl (C=O) groups is 1. The molecule has 0 saturated heterocycles.